The predicted octanol–water partition coefficient (Wildman–Crippen LogP) is 3.91. The highest BCUT2D eigenvalue weighted by Crippen LogP contribution is 2.33. The number of aliphatic hydroxyl groups excluding tert-OH is 2. The molecule has 1 heterocycles. The van der Waals surface area contributed by atoms with Gasteiger partial charge < -0.3 is 15.5 Å². The van der Waals surface area contributed by atoms with E-state index in [4.69, 9.17) is 0 Å². The van der Waals surface area contributed by atoms with Crippen LogP contribution >= 0.6 is 0 Å². The van der Waals surface area contributed by atoms with Crippen LogP contribution in [0.5, 0.6) is 0 Å². The van der Waals surface area contributed by atoms with E-state index in [9.17, 15) is 10.2 Å². The molecule has 3 N–H and O–H groups in total. The van der Waals surface area contributed by atoms with E-state index in [1.54, 1.807) is 0 Å². The second-order valence-electron chi connectivity index (χ2n) is 8.32. The first-order valence-corrected chi connectivity index (χ1v) is 10.5. The lowest BCUT2D eigenvalue weighted by Crippen LogP contribution is -2.50. The number of aromatic nitrogens is 1. The van der Waals surface area contributed by atoms with Gasteiger partial charge in [0.25, 0.3) is 0 Å². The average Bonchev–Trinajstić information content (AvgIpc) is 2.67. The molecule has 1 saturated carbocycles. The van der Waals surface area contributed by atoms with Crippen LogP contribution in [0.25, 0.3) is 0 Å². The maximum absolute atomic E-state index is 11.3. The number of pyridine rings is 1. The number of hydrogen-bond donors (Lipinski definition) is 3. The number of rotatable bonds is 10. The molecule has 4 atom stereocenters. The Labute approximate surface area is 159 Å². The fourth-order valence-electron chi connectivity index (χ4n) is 4.34. The van der Waals surface area contributed by atoms with Crippen molar-refractivity contribution in [2.24, 2.45) is 17.8 Å². The van der Waals surface area contributed by atoms with Crippen LogP contribution in [-0.2, 0) is 6.54 Å². The molecule has 26 heavy (non-hydrogen) atoms. The first-order chi connectivity index (χ1) is 12.5. The summed E-state index contributed by atoms with van der Waals surface area (Å²) in [5.41, 5.74) is 1.01. The fraction of sp³-hybridized carbons (Fsp3) is 0.773. The van der Waals surface area contributed by atoms with Crippen LogP contribution < -0.4 is 5.32 Å². The number of nitrogens with one attached hydrogen (secondary N) is 1. The fourth-order valence-corrected chi connectivity index (χ4v) is 4.34. The third-order valence-electron chi connectivity index (χ3n) is 6.08. The molecule has 1 aliphatic rings. The third-order valence-corrected chi connectivity index (χ3v) is 6.08. The van der Waals surface area contributed by atoms with Crippen LogP contribution in [0.2, 0.25) is 0 Å². The smallest absolute Gasteiger partial charge is 0.0727 e. The van der Waals surface area contributed by atoms with E-state index in [1.807, 2.05) is 31.3 Å². The molecule has 1 aromatic rings. The first kappa shape index (κ1) is 21.3. The summed E-state index contributed by atoms with van der Waals surface area (Å²) in [6, 6.07) is 6.02. The van der Waals surface area contributed by atoms with Gasteiger partial charge in [-0.05, 0) is 55.6 Å². The molecule has 0 spiro atoms. The van der Waals surface area contributed by atoms with Crippen LogP contribution in [0.1, 0.15) is 71.4 Å². The van der Waals surface area contributed by atoms with Gasteiger partial charge in [0.1, 0.15) is 0 Å². The Morgan fingerprint density at radius 3 is 2.46 bits per heavy atom. The molecule has 0 amide bonds. The van der Waals surface area contributed by atoms with E-state index < -0.39 is 6.10 Å². The largest absolute Gasteiger partial charge is 0.393 e. The highest BCUT2D eigenvalue weighted by Gasteiger charge is 2.36. The second-order valence-corrected chi connectivity index (χ2v) is 8.32. The van der Waals surface area contributed by atoms with Gasteiger partial charge in [-0.3, -0.25) is 4.98 Å². The van der Waals surface area contributed by atoms with Crippen molar-refractivity contribution in [3.05, 3.63) is 30.1 Å². The van der Waals surface area contributed by atoms with Crippen molar-refractivity contribution < 1.29 is 10.2 Å². The van der Waals surface area contributed by atoms with Crippen molar-refractivity contribution in [2.75, 3.05) is 0 Å². The maximum atomic E-state index is 11.3. The van der Waals surface area contributed by atoms with Gasteiger partial charge in [0.15, 0.2) is 0 Å². The summed E-state index contributed by atoms with van der Waals surface area (Å²) in [5.74, 6) is 0.949. The number of nitrogens with zero attached hydrogens (tertiary/aromatic N) is 1. The first-order valence-electron chi connectivity index (χ1n) is 10.5. The van der Waals surface area contributed by atoms with E-state index in [0.29, 0.717) is 24.8 Å². The van der Waals surface area contributed by atoms with Gasteiger partial charge in [0.2, 0.25) is 0 Å². The molecule has 4 unspecified atom stereocenters. The molecule has 0 saturated heterocycles. The summed E-state index contributed by atoms with van der Waals surface area (Å²) >= 11 is 0. The van der Waals surface area contributed by atoms with Crippen molar-refractivity contribution in [3.8, 4) is 0 Å². The minimum atomic E-state index is -0.442. The van der Waals surface area contributed by atoms with Gasteiger partial charge in [-0.2, -0.15) is 0 Å². The lowest BCUT2D eigenvalue weighted by atomic mass is 9.74. The number of aliphatic hydroxyl groups is 2. The van der Waals surface area contributed by atoms with Crippen LogP contribution in [0.15, 0.2) is 24.4 Å². The van der Waals surface area contributed by atoms with Gasteiger partial charge in [-0.15, -0.1) is 0 Å². The predicted molar refractivity (Wildman–Crippen MR) is 107 cm³/mol. The molecule has 4 heteroatoms. The average molecular weight is 363 g/mol. The van der Waals surface area contributed by atoms with Crippen LogP contribution in [0.4, 0.5) is 0 Å². The van der Waals surface area contributed by atoms with Crippen LogP contribution in [0.3, 0.4) is 0 Å². The number of hydrogen-bond acceptors (Lipinski definition) is 4. The summed E-state index contributed by atoms with van der Waals surface area (Å²) in [4.78, 5) is 4.41. The zero-order chi connectivity index (χ0) is 18.9. The Hall–Kier alpha value is -0.970. The van der Waals surface area contributed by atoms with Gasteiger partial charge in [-0.25, -0.2) is 0 Å². The molecule has 0 aliphatic heterocycles. The van der Waals surface area contributed by atoms with E-state index in [0.717, 1.165) is 12.1 Å². The molecule has 148 valence electrons. The van der Waals surface area contributed by atoms with Gasteiger partial charge in [0, 0.05) is 18.8 Å². The Kier molecular flexibility index (Phi) is 9.03. The molecule has 0 radical (unpaired) electrons. The van der Waals surface area contributed by atoms with E-state index in [2.05, 4.69) is 24.1 Å². The maximum Gasteiger partial charge on any atom is 0.0727 e. The standard InChI is InChI=1S/C22H38N2O2/c1-4-19(25)14-20(16(2)3)22(26)21(17-10-6-5-7-11-17)24-15-18-12-8-9-13-23-18/h8-9,12-13,16-17,19-22,24-26H,4-7,10-11,14-15H2,1-3H3. The summed E-state index contributed by atoms with van der Waals surface area (Å²) in [6.07, 6.45) is 8.62. The molecule has 4 nitrogen and oxygen atoms in total. The zero-order valence-corrected chi connectivity index (χ0v) is 16.8. The summed E-state index contributed by atoms with van der Waals surface area (Å²) in [5, 5.41) is 25.1. The zero-order valence-electron chi connectivity index (χ0n) is 16.8. The Bertz CT molecular complexity index is 488. The SMILES string of the molecule is CCC(O)CC(C(C)C)C(O)C(NCc1ccccn1)C1CCCCC1. The van der Waals surface area contributed by atoms with Crippen molar-refractivity contribution in [1.29, 1.82) is 0 Å². The third kappa shape index (κ3) is 6.33. The molecule has 2 rings (SSSR count). The second kappa shape index (κ2) is 11.0. The molecule has 1 aromatic heterocycles. The Balaban J connectivity index is 2.11. The van der Waals surface area contributed by atoms with E-state index >= 15 is 0 Å². The van der Waals surface area contributed by atoms with Crippen molar-refractivity contribution in [3.63, 3.8) is 0 Å². The van der Waals surface area contributed by atoms with Crippen molar-refractivity contribution in [2.45, 2.75) is 90.5 Å². The lowest BCUT2D eigenvalue weighted by molar-refractivity contribution is -0.00543. The highest BCUT2D eigenvalue weighted by atomic mass is 16.3. The van der Waals surface area contributed by atoms with Crippen molar-refractivity contribution in [1.82, 2.24) is 10.3 Å². The monoisotopic (exact) mass is 362 g/mol. The Morgan fingerprint density at radius 2 is 1.88 bits per heavy atom. The van der Waals surface area contributed by atoms with Crippen LogP contribution in [-0.4, -0.2) is 33.4 Å². The molecule has 0 aromatic carbocycles. The quantitative estimate of drug-likeness (QED) is 0.590. The van der Waals surface area contributed by atoms with Gasteiger partial charge >= 0.3 is 0 Å². The Morgan fingerprint density at radius 1 is 1.15 bits per heavy atom. The van der Waals surface area contributed by atoms with Gasteiger partial charge in [-0.1, -0.05) is 46.1 Å². The summed E-state index contributed by atoms with van der Waals surface area (Å²) in [6.45, 7) is 7.01. The topological polar surface area (TPSA) is 65.4 Å². The molecular formula is C22H38N2O2. The summed E-state index contributed by atoms with van der Waals surface area (Å²) in [7, 11) is 0. The molecule has 1 fully saturated rings. The van der Waals surface area contributed by atoms with E-state index in [-0.39, 0.29) is 18.1 Å². The normalized spacial score (nSPS) is 20.7. The van der Waals surface area contributed by atoms with E-state index in [1.165, 1.54) is 32.1 Å². The molecular weight excluding hydrogens is 324 g/mol. The minimum absolute atomic E-state index is 0.0637. The highest BCUT2D eigenvalue weighted by molar-refractivity contribution is 5.04. The lowest BCUT2D eigenvalue weighted by Gasteiger charge is -2.39. The van der Waals surface area contributed by atoms with Crippen LogP contribution in [0, 0.1) is 17.8 Å². The minimum Gasteiger partial charge on any atom is -0.393 e. The molecule has 1 aliphatic carbocycles. The van der Waals surface area contributed by atoms with Crippen molar-refractivity contribution >= 4 is 0 Å². The summed E-state index contributed by atoms with van der Waals surface area (Å²) < 4.78 is 0. The van der Waals surface area contributed by atoms with Gasteiger partial charge in [0.05, 0.1) is 17.9 Å². The molecule has 0 bridgehead atoms.